The second-order valence-corrected chi connectivity index (χ2v) is 9.46. The molecule has 1 saturated heterocycles. The molecule has 1 fully saturated rings. The zero-order valence-corrected chi connectivity index (χ0v) is 18.3. The van der Waals surface area contributed by atoms with Crippen LogP contribution in [0.25, 0.3) is 0 Å². The Hall–Kier alpha value is -1.17. The van der Waals surface area contributed by atoms with Gasteiger partial charge in [-0.3, -0.25) is 23.4 Å². The van der Waals surface area contributed by atoms with Gasteiger partial charge in [0.25, 0.3) is 5.56 Å². The number of nitrogens with one attached hydrogen (secondary N) is 1. The molecule has 9 nitrogen and oxygen atoms in total. The second-order valence-electron chi connectivity index (χ2n) is 6.71. The molecule has 1 aromatic carbocycles. The Balaban J connectivity index is 1.49. The highest BCUT2D eigenvalue weighted by molar-refractivity contribution is 7.71. The summed E-state index contributed by atoms with van der Waals surface area (Å²) in [5.41, 5.74) is -2.46. The third-order valence-corrected chi connectivity index (χ3v) is 6.76. The highest BCUT2D eigenvalue weighted by Crippen LogP contribution is 2.57. The first-order valence-corrected chi connectivity index (χ1v) is 11.3. The highest BCUT2D eigenvalue weighted by Gasteiger charge is 2.48. The van der Waals surface area contributed by atoms with Crippen LogP contribution >= 0.6 is 43.2 Å². The first-order chi connectivity index (χ1) is 14.1. The summed E-state index contributed by atoms with van der Waals surface area (Å²) in [5, 5.41) is 11.0. The Kier molecular flexibility index (Phi) is 5.93. The van der Waals surface area contributed by atoms with Crippen molar-refractivity contribution in [2.24, 2.45) is 0 Å². The summed E-state index contributed by atoms with van der Waals surface area (Å²) >= 11 is 16.9. The van der Waals surface area contributed by atoms with Crippen molar-refractivity contribution in [1.82, 2.24) is 9.55 Å². The third kappa shape index (κ3) is 4.40. The third-order valence-electron chi connectivity index (χ3n) is 4.56. The molecule has 2 radical (unpaired) electrons. The molecule has 4 unspecified atom stereocenters. The van der Waals surface area contributed by atoms with Crippen molar-refractivity contribution in [3.8, 4) is 5.75 Å². The zero-order valence-electron chi connectivity index (χ0n) is 15.1. The molecule has 3 heterocycles. The van der Waals surface area contributed by atoms with E-state index in [1.54, 1.807) is 12.1 Å². The molecular formula is C16H14BCl2N2O7PS. The lowest BCUT2D eigenvalue weighted by Gasteiger charge is -2.34. The molecular weight excluding hydrogens is 477 g/mol. The number of ether oxygens (including phenoxy) is 1. The number of aromatic nitrogens is 2. The van der Waals surface area contributed by atoms with Crippen molar-refractivity contribution in [1.29, 1.82) is 0 Å². The van der Waals surface area contributed by atoms with Crippen molar-refractivity contribution in [3.05, 3.63) is 55.1 Å². The van der Waals surface area contributed by atoms with E-state index in [1.807, 2.05) is 0 Å². The van der Waals surface area contributed by atoms with Gasteiger partial charge in [-0.25, -0.2) is 4.57 Å². The maximum absolute atomic E-state index is 12.9. The van der Waals surface area contributed by atoms with Gasteiger partial charge in [0.2, 0.25) is 0 Å². The van der Waals surface area contributed by atoms with E-state index >= 15 is 0 Å². The molecule has 0 saturated carbocycles. The molecule has 2 aliphatic heterocycles. The van der Waals surface area contributed by atoms with Crippen LogP contribution in [0.1, 0.15) is 24.6 Å². The number of H-pyrrole nitrogens is 1. The molecule has 2 aromatic rings. The average Bonchev–Trinajstić information content (AvgIpc) is 3.15. The summed E-state index contributed by atoms with van der Waals surface area (Å²) < 4.78 is 35.7. The van der Waals surface area contributed by atoms with Crippen LogP contribution < -0.4 is 10.1 Å². The molecule has 0 bridgehead atoms. The van der Waals surface area contributed by atoms with Crippen LogP contribution in [0.2, 0.25) is 10.0 Å². The summed E-state index contributed by atoms with van der Waals surface area (Å²) in [4.78, 5) is 14.0. The van der Waals surface area contributed by atoms with E-state index in [-0.39, 0.29) is 28.6 Å². The van der Waals surface area contributed by atoms with E-state index < -0.39 is 31.4 Å². The van der Waals surface area contributed by atoms with Gasteiger partial charge in [0.1, 0.15) is 23.1 Å². The lowest BCUT2D eigenvalue weighted by atomic mass is 9.88. The minimum absolute atomic E-state index is 0.0814. The number of hydrogen-bond donors (Lipinski definition) is 2. The van der Waals surface area contributed by atoms with E-state index in [4.69, 9.17) is 61.6 Å². The van der Waals surface area contributed by atoms with E-state index in [2.05, 4.69) is 4.98 Å². The number of aromatic amines is 1. The molecule has 2 aliphatic rings. The number of phosphoric acid groups is 1. The van der Waals surface area contributed by atoms with Crippen molar-refractivity contribution in [2.75, 3.05) is 0 Å². The van der Waals surface area contributed by atoms with Gasteiger partial charge in [0.05, 0.1) is 6.61 Å². The van der Waals surface area contributed by atoms with Crippen molar-refractivity contribution < 1.29 is 28.0 Å². The number of phosphoric ester groups is 1. The number of rotatable bonds is 4. The summed E-state index contributed by atoms with van der Waals surface area (Å²) in [7, 11) is 1.61. The largest absolute Gasteiger partial charge is 0.532 e. The van der Waals surface area contributed by atoms with Gasteiger partial charge in [-0.05, 0) is 43.3 Å². The molecule has 30 heavy (non-hydrogen) atoms. The molecule has 14 heteroatoms. The maximum Gasteiger partial charge on any atom is 0.532 e. The van der Waals surface area contributed by atoms with E-state index in [0.29, 0.717) is 17.0 Å². The quantitative estimate of drug-likeness (QED) is 0.290. The topological polar surface area (TPSA) is 112 Å². The molecule has 0 aliphatic carbocycles. The number of fused-ring (bicyclic) bond motifs is 1. The number of nitrogens with zero attached hydrogens (tertiary/aromatic N) is 1. The van der Waals surface area contributed by atoms with Gasteiger partial charge in [-0.15, -0.1) is 0 Å². The van der Waals surface area contributed by atoms with Gasteiger partial charge in [0.15, 0.2) is 18.3 Å². The fraction of sp³-hybridized carbons (Fsp3) is 0.375. The fourth-order valence-corrected chi connectivity index (χ4v) is 5.08. The summed E-state index contributed by atoms with van der Waals surface area (Å²) in [6, 6.07) is 4.66. The van der Waals surface area contributed by atoms with Crippen molar-refractivity contribution in [2.45, 2.75) is 37.5 Å². The number of hydrogen-bond acceptors (Lipinski definition) is 8. The maximum atomic E-state index is 12.9. The van der Waals surface area contributed by atoms with Crippen LogP contribution in [0.3, 0.4) is 0 Å². The lowest BCUT2D eigenvalue weighted by Crippen LogP contribution is -2.45. The Bertz CT molecular complexity index is 1160. The minimum Gasteiger partial charge on any atom is -0.404 e. The Morgan fingerprint density at radius 3 is 2.93 bits per heavy atom. The first-order valence-electron chi connectivity index (χ1n) is 8.67. The lowest BCUT2D eigenvalue weighted by molar-refractivity contribution is -0.176. The van der Waals surface area contributed by atoms with E-state index in [0.717, 1.165) is 0 Å². The number of halogens is 2. The molecule has 0 amide bonds. The van der Waals surface area contributed by atoms with Crippen molar-refractivity contribution in [3.63, 3.8) is 0 Å². The van der Waals surface area contributed by atoms with Crippen LogP contribution in [0.15, 0.2) is 29.2 Å². The standard InChI is InChI=1S/C16H14BCl2N2O7PS/c17-16(23,28-29(24)25-7-8-5-9(18)1-2-11(8)27-29)12-3-4-13(26-12)21-6-10(19)14(22)20-15(21)30/h1-2,5-6,12-13,23H,3-4,7H2,(H,20,22,30). The minimum atomic E-state index is -4.24. The average molecular weight is 491 g/mol. The van der Waals surface area contributed by atoms with Gasteiger partial charge in [-0.1, -0.05) is 23.2 Å². The van der Waals surface area contributed by atoms with Gasteiger partial charge in [-0.2, -0.15) is 0 Å². The molecule has 2 N–H and O–H groups in total. The predicted octanol–water partition coefficient (Wildman–Crippen LogP) is 3.44. The van der Waals surface area contributed by atoms with Crippen LogP contribution in [0, 0.1) is 4.77 Å². The molecule has 1 aromatic heterocycles. The summed E-state index contributed by atoms with van der Waals surface area (Å²) in [5.74, 6) is 0.240. The van der Waals surface area contributed by atoms with Crippen LogP contribution in [-0.4, -0.2) is 34.3 Å². The van der Waals surface area contributed by atoms with Gasteiger partial charge >= 0.3 is 7.82 Å². The molecule has 0 spiro atoms. The first kappa shape index (κ1) is 22.0. The Morgan fingerprint density at radius 1 is 1.40 bits per heavy atom. The zero-order chi connectivity index (χ0) is 21.7. The second kappa shape index (κ2) is 8.07. The molecule has 158 valence electrons. The normalized spacial score (nSPS) is 27.8. The van der Waals surface area contributed by atoms with Gasteiger partial charge < -0.3 is 14.4 Å². The highest BCUT2D eigenvalue weighted by atomic mass is 35.5. The van der Waals surface area contributed by atoms with Crippen LogP contribution in [0.5, 0.6) is 5.75 Å². The Morgan fingerprint density at radius 2 is 2.17 bits per heavy atom. The number of benzene rings is 1. The molecule has 4 atom stereocenters. The fourth-order valence-electron chi connectivity index (χ4n) is 3.13. The van der Waals surface area contributed by atoms with Crippen LogP contribution in [0.4, 0.5) is 0 Å². The van der Waals surface area contributed by atoms with Crippen molar-refractivity contribution >= 4 is 51.1 Å². The van der Waals surface area contributed by atoms with E-state index in [9.17, 15) is 14.5 Å². The van der Waals surface area contributed by atoms with E-state index in [1.165, 1.54) is 16.8 Å². The SMILES string of the molecule is [B]C(O)(OP1(=O)OCc2cc(Cl)ccc2O1)C1CCC(n2cc(Cl)c(=O)[nH]c2=S)O1. The number of aliphatic hydroxyl groups is 1. The predicted molar refractivity (Wildman–Crippen MR) is 110 cm³/mol. The monoisotopic (exact) mass is 490 g/mol. The van der Waals surface area contributed by atoms with Crippen LogP contribution in [-0.2, 0) is 25.0 Å². The summed E-state index contributed by atoms with van der Waals surface area (Å²) in [6.45, 7) is -0.109. The Labute approximate surface area is 186 Å². The summed E-state index contributed by atoms with van der Waals surface area (Å²) in [6.07, 6.45) is 0.121. The molecule has 4 rings (SSSR count). The smallest absolute Gasteiger partial charge is 0.404 e. The van der Waals surface area contributed by atoms with Gasteiger partial charge in [0, 0.05) is 16.8 Å².